The number of benzene rings is 2. The van der Waals surface area contributed by atoms with Crippen molar-refractivity contribution < 1.29 is 28.2 Å². The maximum atomic E-state index is 12.4. The van der Waals surface area contributed by atoms with E-state index >= 15 is 0 Å². The van der Waals surface area contributed by atoms with E-state index in [9.17, 15) is 18.7 Å². The van der Waals surface area contributed by atoms with Crippen LogP contribution in [-0.4, -0.2) is 24.7 Å². The van der Waals surface area contributed by atoms with Crippen molar-refractivity contribution in [3.63, 3.8) is 0 Å². The second-order valence-corrected chi connectivity index (χ2v) is 6.54. The molecule has 0 aliphatic rings. The highest BCUT2D eigenvalue weighted by Crippen LogP contribution is 2.31. The standard InChI is InChI=1S/C20H15F2NO4S/c1-26-15-11-12(7-9-14(15)27-20(21)22)8-10-16-23-17(18(28-16)19(24)25)13-5-3-2-4-6-13/h2-11,20H,1H3,(H,24,25)/p-1/b10-8+. The Hall–Kier alpha value is -3.26. The largest absolute Gasteiger partial charge is 0.544 e. The van der Waals surface area contributed by atoms with Gasteiger partial charge in [0.1, 0.15) is 5.01 Å². The van der Waals surface area contributed by atoms with Crippen LogP contribution < -0.4 is 14.6 Å². The number of hydrogen-bond acceptors (Lipinski definition) is 6. The molecule has 3 aromatic rings. The fourth-order valence-electron chi connectivity index (χ4n) is 2.49. The third kappa shape index (κ3) is 4.52. The third-order valence-electron chi connectivity index (χ3n) is 3.70. The molecule has 0 bridgehead atoms. The minimum atomic E-state index is -2.95. The second kappa shape index (κ2) is 8.62. The molecule has 144 valence electrons. The lowest BCUT2D eigenvalue weighted by molar-refractivity contribution is -0.254. The predicted octanol–water partition coefficient (Wildman–Crippen LogP) is 3.95. The van der Waals surface area contributed by atoms with Gasteiger partial charge in [-0.1, -0.05) is 42.5 Å². The second-order valence-electron chi connectivity index (χ2n) is 5.51. The topological polar surface area (TPSA) is 71.5 Å². The highest BCUT2D eigenvalue weighted by Gasteiger charge is 2.13. The molecule has 0 aliphatic carbocycles. The molecule has 1 heterocycles. The van der Waals surface area contributed by atoms with Crippen LogP contribution in [-0.2, 0) is 0 Å². The number of hydrogen-bond donors (Lipinski definition) is 0. The van der Waals surface area contributed by atoms with E-state index in [2.05, 4.69) is 9.72 Å². The van der Waals surface area contributed by atoms with Crippen molar-refractivity contribution in [3.05, 3.63) is 64.0 Å². The van der Waals surface area contributed by atoms with Gasteiger partial charge in [-0.05, 0) is 23.8 Å². The molecule has 3 rings (SSSR count). The maximum absolute atomic E-state index is 12.4. The van der Waals surface area contributed by atoms with E-state index in [4.69, 9.17) is 4.74 Å². The molecule has 8 heteroatoms. The van der Waals surface area contributed by atoms with Gasteiger partial charge in [0.15, 0.2) is 11.5 Å². The number of carboxylic acid groups (broad SMARTS) is 1. The number of carboxylic acids is 1. The van der Waals surface area contributed by atoms with Crippen molar-refractivity contribution in [2.24, 2.45) is 0 Å². The van der Waals surface area contributed by atoms with Gasteiger partial charge in [0, 0.05) is 5.56 Å². The van der Waals surface area contributed by atoms with Crippen LogP contribution in [0.2, 0.25) is 0 Å². The Morgan fingerprint density at radius 3 is 2.54 bits per heavy atom. The van der Waals surface area contributed by atoms with Gasteiger partial charge in [-0.3, -0.25) is 0 Å². The van der Waals surface area contributed by atoms with Gasteiger partial charge in [-0.15, -0.1) is 11.3 Å². The molecule has 28 heavy (non-hydrogen) atoms. The van der Waals surface area contributed by atoms with E-state index in [1.54, 1.807) is 42.5 Å². The highest BCUT2D eigenvalue weighted by molar-refractivity contribution is 7.14. The molecule has 0 N–H and O–H groups in total. The number of carbonyl (C=O) groups is 1. The Balaban J connectivity index is 1.89. The number of carbonyl (C=O) groups excluding carboxylic acids is 1. The molecule has 0 spiro atoms. The van der Waals surface area contributed by atoms with E-state index in [1.165, 1.54) is 19.2 Å². The van der Waals surface area contributed by atoms with Gasteiger partial charge in [0.2, 0.25) is 0 Å². The Labute approximate surface area is 163 Å². The summed E-state index contributed by atoms with van der Waals surface area (Å²) in [5, 5.41) is 11.9. The molecule has 0 unspecified atom stereocenters. The maximum Gasteiger partial charge on any atom is 0.387 e. The van der Waals surface area contributed by atoms with Crippen LogP contribution in [0.25, 0.3) is 23.4 Å². The predicted molar refractivity (Wildman–Crippen MR) is 100 cm³/mol. The summed E-state index contributed by atoms with van der Waals surface area (Å²) in [5.74, 6) is -1.22. The third-order valence-corrected chi connectivity index (χ3v) is 4.70. The summed E-state index contributed by atoms with van der Waals surface area (Å²) in [4.78, 5) is 15.8. The lowest BCUT2D eigenvalue weighted by Gasteiger charge is -2.10. The van der Waals surface area contributed by atoms with Crippen LogP contribution in [0.4, 0.5) is 8.78 Å². The molecule has 0 saturated heterocycles. The summed E-state index contributed by atoms with van der Waals surface area (Å²) in [6.07, 6.45) is 3.30. The molecule has 0 saturated carbocycles. The van der Waals surface area contributed by atoms with Crippen LogP contribution in [0.1, 0.15) is 20.2 Å². The van der Waals surface area contributed by atoms with Gasteiger partial charge in [0.05, 0.1) is 23.7 Å². The van der Waals surface area contributed by atoms with Crippen molar-refractivity contribution in [1.29, 1.82) is 0 Å². The molecule has 0 fully saturated rings. The van der Waals surface area contributed by atoms with E-state index in [0.717, 1.165) is 11.3 Å². The van der Waals surface area contributed by atoms with Gasteiger partial charge >= 0.3 is 6.61 Å². The van der Waals surface area contributed by atoms with Crippen molar-refractivity contribution in [2.45, 2.75) is 6.61 Å². The number of thiazole rings is 1. The monoisotopic (exact) mass is 402 g/mol. The lowest BCUT2D eigenvalue weighted by Crippen LogP contribution is -2.21. The minimum Gasteiger partial charge on any atom is -0.544 e. The first-order valence-corrected chi connectivity index (χ1v) is 8.88. The SMILES string of the molecule is COc1cc(/C=C/c2nc(-c3ccccc3)c(C(=O)[O-])s2)ccc1OC(F)F. The molecule has 0 atom stereocenters. The molecule has 0 amide bonds. The highest BCUT2D eigenvalue weighted by atomic mass is 32.1. The van der Waals surface area contributed by atoms with Crippen LogP contribution >= 0.6 is 11.3 Å². The molecule has 0 radical (unpaired) electrons. The Morgan fingerprint density at radius 2 is 1.89 bits per heavy atom. The van der Waals surface area contributed by atoms with Crippen molar-refractivity contribution in [2.75, 3.05) is 7.11 Å². The van der Waals surface area contributed by atoms with Crippen molar-refractivity contribution in [1.82, 2.24) is 4.98 Å². The lowest BCUT2D eigenvalue weighted by atomic mass is 10.1. The van der Waals surface area contributed by atoms with Crippen molar-refractivity contribution in [3.8, 4) is 22.8 Å². The van der Waals surface area contributed by atoms with Crippen LogP contribution in [0.15, 0.2) is 48.5 Å². The van der Waals surface area contributed by atoms with Crippen LogP contribution in [0.5, 0.6) is 11.5 Å². The average molecular weight is 402 g/mol. The Morgan fingerprint density at radius 1 is 1.14 bits per heavy atom. The van der Waals surface area contributed by atoms with Crippen LogP contribution in [0.3, 0.4) is 0 Å². The normalized spacial score (nSPS) is 11.1. The first kappa shape index (κ1) is 19.5. The summed E-state index contributed by atoms with van der Waals surface area (Å²) in [7, 11) is 1.35. The summed E-state index contributed by atoms with van der Waals surface area (Å²) < 4.78 is 34.2. The van der Waals surface area contributed by atoms with Gasteiger partial charge in [-0.2, -0.15) is 8.78 Å². The Bertz CT molecular complexity index is 1000. The van der Waals surface area contributed by atoms with Gasteiger partial charge < -0.3 is 19.4 Å². The summed E-state index contributed by atoms with van der Waals surface area (Å²) in [6.45, 7) is -2.95. The van der Waals surface area contributed by atoms with Crippen LogP contribution in [0, 0.1) is 0 Å². The fraction of sp³-hybridized carbons (Fsp3) is 0.100. The fourth-order valence-corrected chi connectivity index (χ4v) is 3.31. The van der Waals surface area contributed by atoms with Crippen molar-refractivity contribution >= 4 is 29.5 Å². The number of aromatic nitrogens is 1. The molecule has 2 aromatic carbocycles. The molecule has 1 aromatic heterocycles. The number of rotatable bonds is 7. The summed E-state index contributed by atoms with van der Waals surface area (Å²) in [6, 6.07) is 13.4. The first-order valence-electron chi connectivity index (χ1n) is 8.06. The zero-order chi connectivity index (χ0) is 20.1. The van der Waals surface area contributed by atoms with E-state index in [-0.39, 0.29) is 16.4 Å². The molecule has 0 aliphatic heterocycles. The summed E-state index contributed by atoms with van der Waals surface area (Å²) in [5.41, 5.74) is 1.65. The van der Waals surface area contributed by atoms with E-state index < -0.39 is 12.6 Å². The molecular formula is C20H14F2NO4S-. The molecule has 5 nitrogen and oxygen atoms in total. The zero-order valence-electron chi connectivity index (χ0n) is 14.6. The first-order chi connectivity index (χ1) is 13.5. The Kier molecular flexibility index (Phi) is 6.00. The average Bonchev–Trinajstić information content (AvgIpc) is 3.12. The molecular weight excluding hydrogens is 388 g/mol. The number of aromatic carboxylic acids is 1. The number of halogens is 2. The smallest absolute Gasteiger partial charge is 0.387 e. The summed E-state index contributed by atoms with van der Waals surface area (Å²) >= 11 is 0.988. The number of ether oxygens (including phenoxy) is 2. The van der Waals surface area contributed by atoms with Gasteiger partial charge in [0.25, 0.3) is 0 Å². The zero-order valence-corrected chi connectivity index (χ0v) is 15.4. The van der Waals surface area contributed by atoms with E-state index in [0.29, 0.717) is 21.8 Å². The van der Waals surface area contributed by atoms with Gasteiger partial charge in [-0.25, -0.2) is 4.98 Å². The number of alkyl halides is 2. The van der Waals surface area contributed by atoms with E-state index in [1.807, 2.05) is 6.07 Å². The minimum absolute atomic E-state index is 0.0316. The number of methoxy groups -OCH3 is 1. The number of nitrogens with zero attached hydrogens (tertiary/aromatic N) is 1. The quantitative estimate of drug-likeness (QED) is 0.598.